The van der Waals surface area contributed by atoms with Crippen molar-refractivity contribution in [3.63, 3.8) is 0 Å². The van der Waals surface area contributed by atoms with Gasteiger partial charge >= 0.3 is 0 Å². The quantitative estimate of drug-likeness (QED) is 0.736. The van der Waals surface area contributed by atoms with Crippen molar-refractivity contribution in [2.75, 3.05) is 13.1 Å². The zero-order valence-electron chi connectivity index (χ0n) is 12.5. The van der Waals surface area contributed by atoms with E-state index in [4.69, 9.17) is 0 Å². The van der Waals surface area contributed by atoms with Crippen molar-refractivity contribution >= 4 is 5.91 Å². The highest BCUT2D eigenvalue weighted by Crippen LogP contribution is 2.22. The molecule has 1 aromatic rings. The number of hydrogen-bond donors (Lipinski definition) is 1. The summed E-state index contributed by atoms with van der Waals surface area (Å²) in [6.45, 7) is 3.58. The van der Waals surface area contributed by atoms with Gasteiger partial charge in [0.2, 0.25) is 5.91 Å². The molecule has 3 heteroatoms. The van der Waals surface area contributed by atoms with Crippen LogP contribution >= 0.6 is 0 Å². The summed E-state index contributed by atoms with van der Waals surface area (Å²) in [6.07, 6.45) is 7.64. The summed E-state index contributed by atoms with van der Waals surface area (Å²) in [7, 11) is 0. The molecule has 20 heavy (non-hydrogen) atoms. The van der Waals surface area contributed by atoms with Gasteiger partial charge in [0, 0.05) is 6.54 Å². The third-order valence-corrected chi connectivity index (χ3v) is 3.95. The second kappa shape index (κ2) is 8.05. The Labute approximate surface area is 122 Å². The molecule has 1 aliphatic heterocycles. The molecule has 0 aliphatic carbocycles. The van der Waals surface area contributed by atoms with Crippen LogP contribution in [0, 0.1) is 0 Å². The number of benzene rings is 1. The van der Waals surface area contributed by atoms with E-state index >= 15 is 0 Å². The first kappa shape index (κ1) is 15.0. The van der Waals surface area contributed by atoms with Crippen molar-refractivity contribution in [2.45, 2.75) is 51.6 Å². The maximum atomic E-state index is 12.0. The third-order valence-electron chi connectivity index (χ3n) is 3.95. The first-order valence-corrected chi connectivity index (χ1v) is 7.90. The maximum absolute atomic E-state index is 12.0. The first-order valence-electron chi connectivity index (χ1n) is 7.90. The Morgan fingerprint density at radius 2 is 1.80 bits per heavy atom. The van der Waals surface area contributed by atoms with Gasteiger partial charge in [-0.3, -0.25) is 10.1 Å². The van der Waals surface area contributed by atoms with Crippen molar-refractivity contribution in [1.29, 1.82) is 0 Å². The number of rotatable bonds is 8. The smallest absolute Gasteiger partial charge is 0.238 e. The topological polar surface area (TPSA) is 32.3 Å². The molecule has 1 amide bonds. The Morgan fingerprint density at radius 1 is 1.10 bits per heavy atom. The van der Waals surface area contributed by atoms with Gasteiger partial charge in [-0.05, 0) is 12.0 Å². The van der Waals surface area contributed by atoms with Gasteiger partial charge in [-0.1, -0.05) is 69.4 Å². The molecule has 1 fully saturated rings. The zero-order valence-corrected chi connectivity index (χ0v) is 12.5. The monoisotopic (exact) mass is 274 g/mol. The van der Waals surface area contributed by atoms with E-state index in [-0.39, 0.29) is 12.1 Å². The molecule has 1 unspecified atom stereocenters. The average molecular weight is 274 g/mol. The Hall–Kier alpha value is -1.35. The second-order valence-electron chi connectivity index (χ2n) is 5.55. The van der Waals surface area contributed by atoms with Crippen LogP contribution in [0.2, 0.25) is 0 Å². The molecule has 1 aromatic carbocycles. The molecule has 1 N–H and O–H groups in total. The van der Waals surface area contributed by atoms with Gasteiger partial charge in [-0.25, -0.2) is 0 Å². The van der Waals surface area contributed by atoms with Crippen LogP contribution in [-0.4, -0.2) is 23.9 Å². The third kappa shape index (κ3) is 4.07. The lowest BCUT2D eigenvalue weighted by atomic mass is 10.1. The number of amides is 1. The normalized spacial score (nSPS) is 18.8. The molecule has 0 saturated carbocycles. The molecule has 0 aromatic heterocycles. The number of nitrogens with zero attached hydrogens (tertiary/aromatic N) is 1. The minimum atomic E-state index is 0.0688. The Kier molecular flexibility index (Phi) is 6.06. The molecule has 110 valence electrons. The van der Waals surface area contributed by atoms with Gasteiger partial charge in [0.1, 0.15) is 6.17 Å². The Morgan fingerprint density at radius 3 is 2.55 bits per heavy atom. The van der Waals surface area contributed by atoms with Gasteiger partial charge in [-0.2, -0.15) is 0 Å². The van der Waals surface area contributed by atoms with E-state index in [1.807, 2.05) is 23.1 Å². The minimum absolute atomic E-state index is 0.0688. The van der Waals surface area contributed by atoms with Gasteiger partial charge in [0.05, 0.1) is 6.54 Å². The highest BCUT2D eigenvalue weighted by molar-refractivity contribution is 5.80. The molecular formula is C17H26N2O. The van der Waals surface area contributed by atoms with Crippen LogP contribution < -0.4 is 5.32 Å². The predicted octanol–water partition coefficient (Wildman–Crippen LogP) is 3.48. The highest BCUT2D eigenvalue weighted by atomic mass is 16.2. The largest absolute Gasteiger partial charge is 0.322 e. The van der Waals surface area contributed by atoms with Gasteiger partial charge in [0.15, 0.2) is 0 Å². The highest BCUT2D eigenvalue weighted by Gasteiger charge is 2.30. The van der Waals surface area contributed by atoms with Gasteiger partial charge in [-0.15, -0.1) is 0 Å². The van der Waals surface area contributed by atoms with Crippen LogP contribution in [0.5, 0.6) is 0 Å². The van der Waals surface area contributed by atoms with E-state index in [1.54, 1.807) is 0 Å². The lowest BCUT2D eigenvalue weighted by molar-refractivity contribution is -0.128. The van der Waals surface area contributed by atoms with E-state index in [1.165, 1.54) is 37.7 Å². The van der Waals surface area contributed by atoms with E-state index in [9.17, 15) is 4.79 Å². The van der Waals surface area contributed by atoms with Gasteiger partial charge < -0.3 is 4.90 Å². The SMILES string of the molecule is CCCCCCCCN1C(=O)CNC1c1ccccc1. The summed E-state index contributed by atoms with van der Waals surface area (Å²) in [6, 6.07) is 10.2. The summed E-state index contributed by atoms with van der Waals surface area (Å²) in [5, 5.41) is 3.31. The molecule has 0 radical (unpaired) electrons. The number of carbonyl (C=O) groups is 1. The summed E-state index contributed by atoms with van der Waals surface area (Å²) in [5.74, 6) is 0.229. The Balaban J connectivity index is 1.80. The minimum Gasteiger partial charge on any atom is -0.322 e. The predicted molar refractivity (Wildman–Crippen MR) is 82.3 cm³/mol. The summed E-state index contributed by atoms with van der Waals surface area (Å²) < 4.78 is 0. The van der Waals surface area contributed by atoms with E-state index < -0.39 is 0 Å². The van der Waals surface area contributed by atoms with Crippen molar-refractivity contribution in [3.8, 4) is 0 Å². The van der Waals surface area contributed by atoms with Crippen molar-refractivity contribution in [3.05, 3.63) is 35.9 Å². The maximum Gasteiger partial charge on any atom is 0.238 e. The van der Waals surface area contributed by atoms with Crippen LogP contribution in [0.25, 0.3) is 0 Å². The molecule has 1 saturated heterocycles. The fourth-order valence-corrected chi connectivity index (χ4v) is 2.79. The van der Waals surface area contributed by atoms with Crippen LogP contribution in [0.3, 0.4) is 0 Å². The van der Waals surface area contributed by atoms with E-state index in [0.717, 1.165) is 13.0 Å². The molecule has 3 nitrogen and oxygen atoms in total. The lowest BCUT2D eigenvalue weighted by Gasteiger charge is -2.24. The van der Waals surface area contributed by atoms with Crippen molar-refractivity contribution < 1.29 is 4.79 Å². The summed E-state index contributed by atoms with van der Waals surface area (Å²) in [4.78, 5) is 14.0. The number of nitrogens with one attached hydrogen (secondary N) is 1. The first-order chi connectivity index (χ1) is 9.83. The number of hydrogen-bond acceptors (Lipinski definition) is 2. The standard InChI is InChI=1S/C17H26N2O/c1-2-3-4-5-6-10-13-19-16(20)14-18-17(19)15-11-8-7-9-12-15/h7-9,11-12,17-18H,2-6,10,13-14H2,1H3. The number of unbranched alkanes of at least 4 members (excludes halogenated alkanes) is 5. The average Bonchev–Trinajstić information content (AvgIpc) is 2.85. The molecule has 1 aliphatic rings. The second-order valence-corrected chi connectivity index (χ2v) is 5.55. The fourth-order valence-electron chi connectivity index (χ4n) is 2.79. The van der Waals surface area contributed by atoms with E-state index in [0.29, 0.717) is 6.54 Å². The van der Waals surface area contributed by atoms with Crippen LogP contribution in [0.15, 0.2) is 30.3 Å². The summed E-state index contributed by atoms with van der Waals surface area (Å²) >= 11 is 0. The van der Waals surface area contributed by atoms with Gasteiger partial charge in [0.25, 0.3) is 0 Å². The molecule has 2 rings (SSSR count). The molecule has 1 atom stereocenters. The van der Waals surface area contributed by atoms with Crippen molar-refractivity contribution in [2.24, 2.45) is 0 Å². The summed E-state index contributed by atoms with van der Waals surface area (Å²) in [5.41, 5.74) is 1.18. The van der Waals surface area contributed by atoms with Crippen LogP contribution in [0.1, 0.15) is 57.2 Å². The van der Waals surface area contributed by atoms with E-state index in [2.05, 4.69) is 24.4 Å². The fraction of sp³-hybridized carbons (Fsp3) is 0.588. The molecule has 0 bridgehead atoms. The molecule has 0 spiro atoms. The lowest BCUT2D eigenvalue weighted by Crippen LogP contribution is -2.31. The molecule has 1 heterocycles. The zero-order chi connectivity index (χ0) is 14.2. The number of carbonyl (C=O) groups excluding carboxylic acids is 1. The van der Waals surface area contributed by atoms with Crippen molar-refractivity contribution in [1.82, 2.24) is 10.2 Å². The van der Waals surface area contributed by atoms with Crippen LogP contribution in [0.4, 0.5) is 0 Å². The molecular weight excluding hydrogens is 248 g/mol. The van der Waals surface area contributed by atoms with Crippen LogP contribution in [-0.2, 0) is 4.79 Å². The Bertz CT molecular complexity index is 405.